The standard InChI is InChI=1S/C24H19NO8S/c1-13-10-14(22(27)30-2)4-7-17(13)18-8-5-15(32-18)11-20-21(26)25(24(29)34-20)12-16-6-9-19(33-16)23(28)31-3/h4-11H,12H2,1-3H3/b20-11+. The van der Waals surface area contributed by atoms with Gasteiger partial charge in [0, 0.05) is 11.6 Å². The number of hydrogen-bond donors (Lipinski definition) is 0. The highest BCUT2D eigenvalue weighted by Gasteiger charge is 2.36. The largest absolute Gasteiger partial charge is 0.465 e. The number of ether oxygens (including phenoxy) is 2. The number of carbonyl (C=O) groups is 4. The van der Waals surface area contributed by atoms with E-state index < -0.39 is 23.1 Å². The van der Waals surface area contributed by atoms with Gasteiger partial charge in [0.15, 0.2) is 0 Å². The molecule has 0 spiro atoms. The van der Waals surface area contributed by atoms with Crippen LogP contribution in [-0.4, -0.2) is 42.2 Å². The normalized spacial score (nSPS) is 14.7. The topological polar surface area (TPSA) is 116 Å². The van der Waals surface area contributed by atoms with Crippen molar-refractivity contribution in [2.75, 3.05) is 14.2 Å². The molecule has 0 N–H and O–H groups in total. The molecule has 4 rings (SSSR count). The Morgan fingerprint density at radius 3 is 2.47 bits per heavy atom. The van der Waals surface area contributed by atoms with E-state index in [0.29, 0.717) is 17.1 Å². The zero-order chi connectivity index (χ0) is 24.4. The van der Waals surface area contributed by atoms with Crippen LogP contribution in [0, 0.1) is 6.92 Å². The fourth-order valence-corrected chi connectivity index (χ4v) is 4.17. The maximum absolute atomic E-state index is 12.8. The molecular weight excluding hydrogens is 462 g/mol. The van der Waals surface area contributed by atoms with E-state index in [9.17, 15) is 19.2 Å². The minimum atomic E-state index is -0.649. The number of benzene rings is 1. The van der Waals surface area contributed by atoms with Crippen LogP contribution in [0.1, 0.15) is 38.0 Å². The third kappa shape index (κ3) is 4.53. The molecule has 10 heteroatoms. The summed E-state index contributed by atoms with van der Waals surface area (Å²) in [6, 6.07) is 11.5. The molecule has 1 aromatic carbocycles. The van der Waals surface area contributed by atoms with E-state index in [-0.39, 0.29) is 23.0 Å². The second kappa shape index (κ2) is 9.44. The van der Waals surface area contributed by atoms with E-state index in [2.05, 4.69) is 4.74 Å². The van der Waals surface area contributed by atoms with Crippen molar-refractivity contribution in [2.24, 2.45) is 0 Å². The van der Waals surface area contributed by atoms with Gasteiger partial charge in [-0.05, 0) is 60.6 Å². The molecule has 3 heterocycles. The summed E-state index contributed by atoms with van der Waals surface area (Å²) in [5, 5.41) is -0.465. The average Bonchev–Trinajstić information content (AvgIpc) is 3.55. The molecule has 0 radical (unpaired) electrons. The number of methoxy groups -OCH3 is 2. The molecule has 34 heavy (non-hydrogen) atoms. The molecule has 0 bridgehead atoms. The van der Waals surface area contributed by atoms with Crippen molar-refractivity contribution >= 4 is 40.9 Å². The van der Waals surface area contributed by atoms with Crippen molar-refractivity contribution in [3.8, 4) is 11.3 Å². The lowest BCUT2D eigenvalue weighted by Gasteiger charge is -2.09. The first-order chi connectivity index (χ1) is 16.3. The Balaban J connectivity index is 1.51. The van der Waals surface area contributed by atoms with Crippen molar-refractivity contribution in [1.29, 1.82) is 0 Å². The number of carbonyl (C=O) groups excluding carboxylic acids is 4. The number of imide groups is 1. The Morgan fingerprint density at radius 2 is 1.76 bits per heavy atom. The third-order valence-electron chi connectivity index (χ3n) is 5.05. The highest BCUT2D eigenvalue weighted by Crippen LogP contribution is 2.35. The predicted octanol–water partition coefficient (Wildman–Crippen LogP) is 4.66. The summed E-state index contributed by atoms with van der Waals surface area (Å²) in [7, 11) is 2.55. The number of furan rings is 2. The lowest BCUT2D eigenvalue weighted by Crippen LogP contribution is -2.27. The van der Waals surface area contributed by atoms with Crippen molar-refractivity contribution in [1.82, 2.24) is 4.90 Å². The maximum atomic E-state index is 12.8. The van der Waals surface area contributed by atoms with Crippen molar-refractivity contribution in [3.05, 3.63) is 75.8 Å². The fourth-order valence-electron chi connectivity index (χ4n) is 3.35. The lowest BCUT2D eigenvalue weighted by molar-refractivity contribution is -0.123. The molecule has 2 aromatic heterocycles. The molecule has 0 unspecified atom stereocenters. The molecular formula is C24H19NO8S. The van der Waals surface area contributed by atoms with Crippen LogP contribution in [0.2, 0.25) is 0 Å². The van der Waals surface area contributed by atoms with Gasteiger partial charge in [0.25, 0.3) is 11.1 Å². The fraction of sp³-hybridized carbons (Fsp3) is 0.167. The van der Waals surface area contributed by atoms with Crippen LogP contribution in [0.25, 0.3) is 17.4 Å². The first kappa shape index (κ1) is 23.1. The summed E-state index contributed by atoms with van der Waals surface area (Å²) in [6.45, 7) is 1.73. The van der Waals surface area contributed by atoms with Crippen LogP contribution in [0.3, 0.4) is 0 Å². The molecule has 0 saturated carbocycles. The van der Waals surface area contributed by atoms with E-state index >= 15 is 0 Å². The van der Waals surface area contributed by atoms with E-state index in [1.807, 2.05) is 6.92 Å². The van der Waals surface area contributed by atoms with Gasteiger partial charge in [-0.15, -0.1) is 0 Å². The maximum Gasteiger partial charge on any atom is 0.373 e. The van der Waals surface area contributed by atoms with Crippen LogP contribution < -0.4 is 0 Å². The number of rotatable bonds is 6. The first-order valence-corrected chi connectivity index (χ1v) is 10.8. The summed E-state index contributed by atoms with van der Waals surface area (Å²) in [5.74, 6) is -0.380. The van der Waals surface area contributed by atoms with Crippen molar-refractivity contribution in [2.45, 2.75) is 13.5 Å². The van der Waals surface area contributed by atoms with Gasteiger partial charge in [-0.3, -0.25) is 14.5 Å². The first-order valence-electron chi connectivity index (χ1n) is 10.0. The number of hydrogen-bond acceptors (Lipinski definition) is 9. The zero-order valence-electron chi connectivity index (χ0n) is 18.4. The van der Waals surface area contributed by atoms with Crippen LogP contribution in [0.15, 0.2) is 56.2 Å². The lowest BCUT2D eigenvalue weighted by atomic mass is 10.0. The molecule has 1 saturated heterocycles. The van der Waals surface area contributed by atoms with Crippen molar-refractivity contribution < 1.29 is 37.5 Å². The van der Waals surface area contributed by atoms with E-state index in [0.717, 1.165) is 27.8 Å². The van der Waals surface area contributed by atoms with Gasteiger partial charge in [-0.1, -0.05) is 6.07 Å². The van der Waals surface area contributed by atoms with E-state index in [4.69, 9.17) is 13.6 Å². The van der Waals surface area contributed by atoms with Crippen LogP contribution in [-0.2, 0) is 20.8 Å². The van der Waals surface area contributed by atoms with Crippen LogP contribution in [0.5, 0.6) is 0 Å². The zero-order valence-corrected chi connectivity index (χ0v) is 19.3. The second-order valence-corrected chi connectivity index (χ2v) is 8.24. The Labute approximate surface area is 198 Å². The minimum Gasteiger partial charge on any atom is -0.465 e. The molecule has 9 nitrogen and oxygen atoms in total. The predicted molar refractivity (Wildman–Crippen MR) is 122 cm³/mol. The smallest absolute Gasteiger partial charge is 0.373 e. The number of esters is 2. The Bertz CT molecular complexity index is 1330. The second-order valence-electron chi connectivity index (χ2n) is 7.25. The van der Waals surface area contributed by atoms with Gasteiger partial charge in [0.05, 0.1) is 31.2 Å². The summed E-state index contributed by atoms with van der Waals surface area (Å²) in [6.07, 6.45) is 1.49. The van der Waals surface area contributed by atoms with Gasteiger partial charge in [-0.25, -0.2) is 9.59 Å². The number of nitrogens with zero attached hydrogens (tertiary/aromatic N) is 1. The summed E-state index contributed by atoms with van der Waals surface area (Å²) < 4.78 is 20.5. The van der Waals surface area contributed by atoms with Gasteiger partial charge in [-0.2, -0.15) is 0 Å². The highest BCUT2D eigenvalue weighted by atomic mass is 32.2. The Kier molecular flexibility index (Phi) is 6.42. The van der Waals surface area contributed by atoms with Gasteiger partial charge >= 0.3 is 11.9 Å². The minimum absolute atomic E-state index is 0.0157. The molecule has 1 aliphatic rings. The monoisotopic (exact) mass is 481 g/mol. The van der Waals surface area contributed by atoms with E-state index in [1.54, 1.807) is 30.3 Å². The average molecular weight is 481 g/mol. The quantitative estimate of drug-likeness (QED) is 0.366. The van der Waals surface area contributed by atoms with E-state index in [1.165, 1.54) is 32.4 Å². The number of thioether (sulfide) groups is 1. The molecule has 3 aromatic rings. The van der Waals surface area contributed by atoms with Gasteiger partial charge in [0.2, 0.25) is 5.76 Å². The Morgan fingerprint density at radius 1 is 1.00 bits per heavy atom. The third-order valence-corrected chi connectivity index (χ3v) is 5.96. The van der Waals surface area contributed by atoms with Crippen LogP contribution >= 0.6 is 11.8 Å². The Hall–Kier alpha value is -4.05. The number of aryl methyl sites for hydroxylation is 1. The summed E-state index contributed by atoms with van der Waals surface area (Å²) >= 11 is 0.783. The van der Waals surface area contributed by atoms with Crippen molar-refractivity contribution in [3.63, 3.8) is 0 Å². The summed E-state index contributed by atoms with van der Waals surface area (Å²) in [4.78, 5) is 49.6. The summed E-state index contributed by atoms with van der Waals surface area (Å²) in [5.41, 5.74) is 2.02. The van der Waals surface area contributed by atoms with Gasteiger partial charge in [0.1, 0.15) is 17.3 Å². The molecule has 1 aliphatic heterocycles. The molecule has 2 amide bonds. The molecule has 0 aliphatic carbocycles. The van der Waals surface area contributed by atoms with Crippen LogP contribution in [0.4, 0.5) is 4.79 Å². The van der Waals surface area contributed by atoms with Gasteiger partial charge < -0.3 is 18.3 Å². The number of amides is 2. The molecule has 1 fully saturated rings. The SMILES string of the molecule is COC(=O)c1ccc(-c2ccc(/C=C3/SC(=O)N(Cc4ccc(C(=O)OC)o4)C3=O)o2)c(C)c1. The highest BCUT2D eigenvalue weighted by molar-refractivity contribution is 8.18. The molecule has 0 atom stereocenters. The molecule has 174 valence electrons.